The van der Waals surface area contributed by atoms with Gasteiger partial charge in [0.2, 0.25) is 0 Å². The Morgan fingerprint density at radius 3 is 3.00 bits per heavy atom. The van der Waals surface area contributed by atoms with Crippen LogP contribution in [0.3, 0.4) is 0 Å². The lowest BCUT2D eigenvalue weighted by Crippen LogP contribution is -2.18. The number of hydrogen-bond donors (Lipinski definition) is 1. The third kappa shape index (κ3) is 2.71. The Hall–Kier alpha value is -1.92. The molecule has 2 aromatic rings. The minimum absolute atomic E-state index is 0.0582. The van der Waals surface area contributed by atoms with E-state index in [1.165, 1.54) is 0 Å². The molecule has 22 heavy (non-hydrogen) atoms. The van der Waals surface area contributed by atoms with Gasteiger partial charge in [0.05, 0.1) is 24.7 Å². The maximum absolute atomic E-state index is 9.36. The Labute approximate surface area is 130 Å². The van der Waals surface area contributed by atoms with Crippen LogP contribution in [0.25, 0.3) is 11.0 Å². The van der Waals surface area contributed by atoms with Gasteiger partial charge in [-0.15, -0.1) is 0 Å². The number of nitrogens with zero attached hydrogens (tertiary/aromatic N) is 4. The molecule has 2 unspecified atom stereocenters. The minimum atomic E-state index is -0.0996. The number of aromatic nitrogens is 2. The van der Waals surface area contributed by atoms with E-state index in [1.54, 1.807) is 12.5 Å². The molecule has 2 aromatic heterocycles. The first kappa shape index (κ1) is 15.0. The van der Waals surface area contributed by atoms with Crippen molar-refractivity contribution in [2.75, 3.05) is 20.7 Å². The second-order valence-corrected chi connectivity index (χ2v) is 6.02. The van der Waals surface area contributed by atoms with Gasteiger partial charge in [-0.05, 0) is 24.5 Å². The molecule has 1 aliphatic rings. The van der Waals surface area contributed by atoms with Crippen molar-refractivity contribution in [2.45, 2.75) is 25.7 Å². The first-order valence-electron chi connectivity index (χ1n) is 7.52. The average Bonchev–Trinajstić information content (AvgIpc) is 3.08. The van der Waals surface area contributed by atoms with E-state index in [-0.39, 0.29) is 18.9 Å². The van der Waals surface area contributed by atoms with E-state index >= 15 is 0 Å². The normalized spacial score (nSPS) is 25.4. The molecular formula is C16H22N4O2. The van der Waals surface area contributed by atoms with E-state index < -0.39 is 0 Å². The molecule has 3 heterocycles. The third-order valence-electron chi connectivity index (χ3n) is 4.05. The van der Waals surface area contributed by atoms with Crippen LogP contribution in [0.2, 0.25) is 0 Å². The summed E-state index contributed by atoms with van der Waals surface area (Å²) < 4.78 is 7.98. The maximum Gasteiger partial charge on any atom is 0.144 e. The first-order chi connectivity index (χ1) is 10.6. The lowest BCUT2D eigenvalue weighted by atomic mass is 10.0. The number of aliphatic hydroxyl groups is 1. The fourth-order valence-electron chi connectivity index (χ4n) is 2.83. The SMILES string of the molecule is C[C@H]1CC(n2ccc3c(/N=C\N(C)C)ccnc32)OC1CO. The van der Waals surface area contributed by atoms with Crippen LogP contribution in [0.4, 0.5) is 5.69 Å². The molecule has 1 N–H and O–H groups in total. The monoisotopic (exact) mass is 302 g/mol. The summed E-state index contributed by atoms with van der Waals surface area (Å²) in [6, 6.07) is 3.92. The first-order valence-corrected chi connectivity index (χ1v) is 7.52. The predicted octanol–water partition coefficient (Wildman–Crippen LogP) is 2.17. The van der Waals surface area contributed by atoms with Gasteiger partial charge in [0.25, 0.3) is 0 Å². The van der Waals surface area contributed by atoms with Crippen molar-refractivity contribution < 1.29 is 9.84 Å². The second kappa shape index (κ2) is 6.06. The predicted molar refractivity (Wildman–Crippen MR) is 86.3 cm³/mol. The molecule has 3 atom stereocenters. The van der Waals surface area contributed by atoms with Crippen molar-refractivity contribution in [3.63, 3.8) is 0 Å². The molecule has 0 aliphatic carbocycles. The Kier molecular flexibility index (Phi) is 4.13. The van der Waals surface area contributed by atoms with Crippen molar-refractivity contribution in [1.29, 1.82) is 0 Å². The van der Waals surface area contributed by atoms with E-state index in [4.69, 9.17) is 4.74 Å². The Bertz CT molecular complexity index is 680. The van der Waals surface area contributed by atoms with Crippen LogP contribution >= 0.6 is 0 Å². The number of rotatable bonds is 4. The van der Waals surface area contributed by atoms with Crippen molar-refractivity contribution in [2.24, 2.45) is 10.9 Å². The number of pyridine rings is 1. The highest BCUT2D eigenvalue weighted by Gasteiger charge is 2.33. The van der Waals surface area contributed by atoms with Crippen molar-refractivity contribution >= 4 is 23.1 Å². The summed E-state index contributed by atoms with van der Waals surface area (Å²) in [6.45, 7) is 2.16. The Morgan fingerprint density at radius 2 is 2.32 bits per heavy atom. The van der Waals surface area contributed by atoms with Gasteiger partial charge in [0.1, 0.15) is 11.9 Å². The smallest absolute Gasteiger partial charge is 0.144 e. The van der Waals surface area contributed by atoms with Gasteiger partial charge < -0.3 is 19.3 Å². The summed E-state index contributed by atoms with van der Waals surface area (Å²) >= 11 is 0. The zero-order chi connectivity index (χ0) is 15.7. The summed E-state index contributed by atoms with van der Waals surface area (Å²) in [7, 11) is 3.88. The molecule has 1 saturated heterocycles. The van der Waals surface area contributed by atoms with Crippen LogP contribution in [0.1, 0.15) is 19.6 Å². The van der Waals surface area contributed by atoms with Crippen molar-refractivity contribution in [1.82, 2.24) is 14.5 Å². The Morgan fingerprint density at radius 1 is 1.50 bits per heavy atom. The van der Waals surface area contributed by atoms with Crippen LogP contribution in [0.15, 0.2) is 29.5 Å². The van der Waals surface area contributed by atoms with Gasteiger partial charge in [-0.2, -0.15) is 0 Å². The molecule has 0 spiro atoms. The van der Waals surface area contributed by atoms with Crippen LogP contribution in [-0.2, 0) is 4.74 Å². The van der Waals surface area contributed by atoms with Gasteiger partial charge in [-0.1, -0.05) is 6.92 Å². The highest BCUT2D eigenvalue weighted by molar-refractivity contribution is 5.89. The highest BCUT2D eigenvalue weighted by atomic mass is 16.5. The van der Waals surface area contributed by atoms with Gasteiger partial charge >= 0.3 is 0 Å². The zero-order valence-electron chi connectivity index (χ0n) is 13.2. The average molecular weight is 302 g/mol. The summed E-state index contributed by atoms with van der Waals surface area (Å²) in [6.07, 6.45) is 6.24. The zero-order valence-corrected chi connectivity index (χ0v) is 13.2. The molecule has 6 heteroatoms. The van der Waals surface area contributed by atoms with E-state index in [9.17, 15) is 5.11 Å². The molecule has 0 amide bonds. The number of fused-ring (bicyclic) bond motifs is 1. The van der Waals surface area contributed by atoms with Gasteiger partial charge in [0, 0.05) is 31.9 Å². The fraction of sp³-hybridized carbons (Fsp3) is 0.500. The van der Waals surface area contributed by atoms with Crippen LogP contribution in [0, 0.1) is 5.92 Å². The van der Waals surface area contributed by atoms with Crippen LogP contribution in [-0.4, -0.2) is 52.7 Å². The highest BCUT2D eigenvalue weighted by Crippen LogP contribution is 2.36. The number of aliphatic hydroxyl groups excluding tert-OH is 1. The molecular weight excluding hydrogens is 280 g/mol. The molecule has 0 aromatic carbocycles. The van der Waals surface area contributed by atoms with Gasteiger partial charge in [-0.25, -0.2) is 9.98 Å². The Balaban J connectivity index is 1.95. The van der Waals surface area contributed by atoms with Gasteiger partial charge in [0.15, 0.2) is 0 Å². The maximum atomic E-state index is 9.36. The molecule has 0 radical (unpaired) electrons. The summed E-state index contributed by atoms with van der Waals surface area (Å²) in [5.41, 5.74) is 1.76. The molecule has 0 saturated carbocycles. The summed E-state index contributed by atoms with van der Waals surface area (Å²) in [4.78, 5) is 10.9. The number of hydrogen-bond acceptors (Lipinski definition) is 4. The van der Waals surface area contributed by atoms with E-state index in [0.717, 1.165) is 23.1 Å². The lowest BCUT2D eigenvalue weighted by molar-refractivity contribution is -0.0275. The quantitative estimate of drug-likeness (QED) is 0.694. The van der Waals surface area contributed by atoms with Crippen molar-refractivity contribution in [3.05, 3.63) is 24.5 Å². The van der Waals surface area contributed by atoms with Crippen molar-refractivity contribution in [3.8, 4) is 0 Å². The number of aliphatic imine (C=N–C) groups is 1. The third-order valence-corrected chi connectivity index (χ3v) is 4.05. The van der Waals surface area contributed by atoms with E-state index in [0.29, 0.717) is 5.92 Å². The molecule has 1 fully saturated rings. The van der Waals surface area contributed by atoms with Crippen LogP contribution in [0.5, 0.6) is 0 Å². The fourth-order valence-corrected chi connectivity index (χ4v) is 2.83. The molecule has 3 rings (SSSR count). The molecule has 0 bridgehead atoms. The molecule has 118 valence electrons. The van der Waals surface area contributed by atoms with E-state index in [2.05, 4.69) is 16.9 Å². The topological polar surface area (TPSA) is 62.9 Å². The van der Waals surface area contributed by atoms with Gasteiger partial charge in [-0.3, -0.25) is 0 Å². The summed E-state index contributed by atoms with van der Waals surface area (Å²) in [5.74, 6) is 0.336. The second-order valence-electron chi connectivity index (χ2n) is 6.02. The van der Waals surface area contributed by atoms with E-state index in [1.807, 2.05) is 41.9 Å². The summed E-state index contributed by atoms with van der Waals surface area (Å²) in [5, 5.41) is 10.4. The lowest BCUT2D eigenvalue weighted by Gasteiger charge is -2.14. The molecule has 6 nitrogen and oxygen atoms in total. The molecule has 1 aliphatic heterocycles. The standard InChI is InChI=1S/C16H22N4O2/c1-11-8-15(22-14(11)9-21)20-7-5-12-13(18-10-19(2)3)4-6-17-16(12)20/h4-7,10-11,14-15,21H,8-9H2,1-3H3/b18-10-/t11-,14?,15?/m0/s1. The number of ether oxygens (including phenoxy) is 1. The van der Waals surface area contributed by atoms with Crippen LogP contribution < -0.4 is 0 Å². The largest absolute Gasteiger partial charge is 0.394 e. The minimum Gasteiger partial charge on any atom is -0.394 e.